The second-order valence-corrected chi connectivity index (χ2v) is 8.24. The van der Waals surface area contributed by atoms with Crippen LogP contribution in [0, 0.1) is 5.92 Å². The van der Waals surface area contributed by atoms with Crippen molar-refractivity contribution in [3.8, 4) is 5.75 Å². The third-order valence-electron chi connectivity index (χ3n) is 5.85. The highest BCUT2D eigenvalue weighted by Gasteiger charge is 2.61. The van der Waals surface area contributed by atoms with Crippen molar-refractivity contribution in [2.75, 3.05) is 27.7 Å². The largest absolute Gasteiger partial charge is 0.491 e. The number of carbonyl (C=O) groups is 1. The topological polar surface area (TPSA) is 70.1 Å². The molecule has 0 aromatic carbocycles. The molecule has 0 radical (unpaired) electrons. The number of pyridine rings is 1. The molecule has 2 atom stereocenters. The molecule has 1 saturated heterocycles. The lowest BCUT2D eigenvalue weighted by atomic mass is 9.75. The van der Waals surface area contributed by atoms with Crippen molar-refractivity contribution in [1.82, 2.24) is 9.88 Å². The SMILES string of the molecule is CCC(CC)CC[C@@H]1N(COC)C(=O)[C@]1(Cc1cc(OC(C)C)ccn1)OCOC. The van der Waals surface area contributed by atoms with E-state index in [-0.39, 0.29) is 31.6 Å². The smallest absolute Gasteiger partial charge is 0.259 e. The van der Waals surface area contributed by atoms with Gasteiger partial charge in [-0.1, -0.05) is 26.7 Å². The second-order valence-electron chi connectivity index (χ2n) is 8.24. The Balaban J connectivity index is 2.29. The van der Waals surface area contributed by atoms with Crippen molar-refractivity contribution in [2.45, 2.75) is 77.5 Å². The molecular weight excluding hydrogens is 384 g/mol. The van der Waals surface area contributed by atoms with Gasteiger partial charge in [-0.05, 0) is 38.7 Å². The first-order chi connectivity index (χ1) is 14.4. The monoisotopic (exact) mass is 422 g/mol. The summed E-state index contributed by atoms with van der Waals surface area (Å²) in [4.78, 5) is 19.5. The molecule has 0 saturated carbocycles. The fraction of sp³-hybridized carbons (Fsp3) is 0.739. The summed E-state index contributed by atoms with van der Waals surface area (Å²) in [6.07, 6.45) is 6.30. The molecule has 1 aromatic heterocycles. The number of likely N-dealkylation sites (tertiary alicyclic amines) is 1. The van der Waals surface area contributed by atoms with Crippen molar-refractivity contribution >= 4 is 5.91 Å². The maximum absolute atomic E-state index is 13.2. The van der Waals surface area contributed by atoms with E-state index in [1.54, 1.807) is 25.3 Å². The summed E-state index contributed by atoms with van der Waals surface area (Å²) >= 11 is 0. The van der Waals surface area contributed by atoms with Gasteiger partial charge in [-0.3, -0.25) is 9.78 Å². The van der Waals surface area contributed by atoms with Gasteiger partial charge >= 0.3 is 0 Å². The minimum absolute atomic E-state index is 0.0518. The molecule has 0 unspecified atom stereocenters. The molecule has 0 spiro atoms. The zero-order valence-electron chi connectivity index (χ0n) is 19.3. The summed E-state index contributed by atoms with van der Waals surface area (Å²) in [6.45, 7) is 8.70. The van der Waals surface area contributed by atoms with Crippen molar-refractivity contribution in [1.29, 1.82) is 0 Å². The standard InChI is InChI=1S/C23H38N2O5/c1-7-18(8-2)9-10-21-23(29-16-28-6,22(26)25(21)15-27-5)14-19-13-20(11-12-24-19)30-17(3)4/h11-13,17-18,21H,7-10,14-16H2,1-6H3/t21-,23+/m0/s1. The van der Waals surface area contributed by atoms with Crippen LogP contribution in [0.2, 0.25) is 0 Å². The number of ether oxygens (including phenoxy) is 4. The van der Waals surface area contributed by atoms with Gasteiger partial charge in [0.05, 0.1) is 12.1 Å². The fourth-order valence-electron chi connectivity index (χ4n) is 4.21. The average Bonchev–Trinajstić information content (AvgIpc) is 2.73. The molecule has 1 aliphatic rings. The highest BCUT2D eigenvalue weighted by Crippen LogP contribution is 2.41. The molecule has 0 aliphatic carbocycles. The molecule has 1 aromatic rings. The number of hydrogen-bond acceptors (Lipinski definition) is 6. The van der Waals surface area contributed by atoms with Crippen LogP contribution in [0.1, 0.15) is 59.1 Å². The molecule has 0 N–H and O–H groups in total. The molecular formula is C23H38N2O5. The predicted molar refractivity (Wildman–Crippen MR) is 115 cm³/mol. The summed E-state index contributed by atoms with van der Waals surface area (Å²) < 4.78 is 22.4. The molecule has 170 valence electrons. The van der Waals surface area contributed by atoms with E-state index in [9.17, 15) is 4.79 Å². The summed E-state index contributed by atoms with van der Waals surface area (Å²) in [5.41, 5.74) is -0.230. The van der Waals surface area contributed by atoms with Crippen molar-refractivity contribution in [3.63, 3.8) is 0 Å². The molecule has 2 heterocycles. The highest BCUT2D eigenvalue weighted by atomic mass is 16.7. The summed E-state index contributed by atoms with van der Waals surface area (Å²) in [7, 11) is 3.17. The van der Waals surface area contributed by atoms with Crippen LogP contribution in [-0.2, 0) is 25.4 Å². The number of β-lactam (4-membered cyclic amide) rings is 1. The Labute approximate surface area is 181 Å². The van der Waals surface area contributed by atoms with Crippen LogP contribution in [0.25, 0.3) is 0 Å². The Hall–Kier alpha value is -1.70. The molecule has 0 bridgehead atoms. The Morgan fingerprint density at radius 2 is 1.93 bits per heavy atom. The van der Waals surface area contributed by atoms with Gasteiger partial charge in [0.25, 0.3) is 5.91 Å². The number of nitrogens with zero attached hydrogens (tertiary/aromatic N) is 2. The average molecular weight is 423 g/mol. The number of aromatic nitrogens is 1. The fourth-order valence-corrected chi connectivity index (χ4v) is 4.21. The van der Waals surface area contributed by atoms with Crippen molar-refractivity contribution in [3.05, 3.63) is 24.0 Å². The normalized spacial score (nSPS) is 21.4. The van der Waals surface area contributed by atoms with Crippen molar-refractivity contribution < 1.29 is 23.7 Å². The minimum atomic E-state index is -0.996. The van der Waals surface area contributed by atoms with Gasteiger partial charge in [-0.2, -0.15) is 0 Å². The van der Waals surface area contributed by atoms with E-state index in [2.05, 4.69) is 18.8 Å². The quantitative estimate of drug-likeness (QED) is 0.335. The molecule has 1 aliphatic heterocycles. The minimum Gasteiger partial charge on any atom is -0.491 e. The lowest BCUT2D eigenvalue weighted by Crippen LogP contribution is -2.76. The third-order valence-corrected chi connectivity index (χ3v) is 5.85. The molecule has 7 nitrogen and oxygen atoms in total. The van der Waals surface area contributed by atoms with E-state index in [0.717, 1.165) is 37.1 Å². The molecule has 1 amide bonds. The Morgan fingerprint density at radius 3 is 2.53 bits per heavy atom. The first kappa shape index (κ1) is 24.6. The Kier molecular flexibility index (Phi) is 9.52. The molecule has 2 rings (SSSR count). The molecule has 7 heteroatoms. The van der Waals surface area contributed by atoms with Crippen LogP contribution >= 0.6 is 0 Å². The van der Waals surface area contributed by atoms with E-state index in [1.165, 1.54) is 0 Å². The lowest BCUT2D eigenvalue weighted by molar-refractivity contribution is -0.234. The van der Waals surface area contributed by atoms with Gasteiger partial charge in [0.1, 0.15) is 19.3 Å². The summed E-state index contributed by atoms with van der Waals surface area (Å²) in [5.74, 6) is 1.30. The van der Waals surface area contributed by atoms with Gasteiger partial charge in [-0.15, -0.1) is 0 Å². The van der Waals surface area contributed by atoms with Gasteiger partial charge in [0.15, 0.2) is 5.60 Å². The van der Waals surface area contributed by atoms with Crippen molar-refractivity contribution in [2.24, 2.45) is 5.92 Å². The van der Waals surface area contributed by atoms with Crippen LogP contribution in [0.4, 0.5) is 0 Å². The summed E-state index contributed by atoms with van der Waals surface area (Å²) in [5, 5.41) is 0. The van der Waals surface area contributed by atoms with E-state index in [4.69, 9.17) is 18.9 Å². The Morgan fingerprint density at radius 1 is 1.20 bits per heavy atom. The van der Waals surface area contributed by atoms with Crippen LogP contribution < -0.4 is 4.74 Å². The third kappa shape index (κ3) is 5.71. The van der Waals surface area contributed by atoms with E-state index >= 15 is 0 Å². The van der Waals surface area contributed by atoms with Gasteiger partial charge < -0.3 is 23.8 Å². The first-order valence-electron chi connectivity index (χ1n) is 11.0. The van der Waals surface area contributed by atoms with Crippen LogP contribution in [0.5, 0.6) is 5.75 Å². The number of amides is 1. The van der Waals surface area contributed by atoms with E-state index in [0.29, 0.717) is 12.3 Å². The molecule has 1 fully saturated rings. The van der Waals surface area contributed by atoms with Gasteiger partial charge in [0.2, 0.25) is 0 Å². The first-order valence-corrected chi connectivity index (χ1v) is 11.0. The number of carbonyl (C=O) groups excluding carboxylic acids is 1. The lowest BCUT2D eigenvalue weighted by Gasteiger charge is -2.55. The number of hydrogen-bond donors (Lipinski definition) is 0. The van der Waals surface area contributed by atoms with Crippen LogP contribution in [-0.4, -0.2) is 61.3 Å². The zero-order valence-corrected chi connectivity index (χ0v) is 19.3. The number of rotatable bonds is 14. The maximum Gasteiger partial charge on any atom is 0.259 e. The molecule has 30 heavy (non-hydrogen) atoms. The van der Waals surface area contributed by atoms with Crippen LogP contribution in [0.3, 0.4) is 0 Å². The van der Waals surface area contributed by atoms with Crippen LogP contribution in [0.15, 0.2) is 18.3 Å². The summed E-state index contributed by atoms with van der Waals surface area (Å²) in [6, 6.07) is 3.63. The van der Waals surface area contributed by atoms with Gasteiger partial charge in [0, 0.05) is 38.6 Å². The second kappa shape index (κ2) is 11.6. The zero-order chi connectivity index (χ0) is 22.1. The Bertz CT molecular complexity index is 665. The maximum atomic E-state index is 13.2. The van der Waals surface area contributed by atoms with E-state index < -0.39 is 5.60 Å². The highest BCUT2D eigenvalue weighted by molar-refractivity contribution is 5.93. The van der Waals surface area contributed by atoms with Gasteiger partial charge in [-0.25, -0.2) is 0 Å². The predicted octanol–water partition coefficient (Wildman–Crippen LogP) is 3.80. The number of methoxy groups -OCH3 is 2. The van der Waals surface area contributed by atoms with E-state index in [1.807, 2.05) is 26.0 Å².